The number of aromatic nitrogens is 2. The van der Waals surface area contributed by atoms with E-state index >= 15 is 0 Å². The van der Waals surface area contributed by atoms with E-state index in [0.29, 0.717) is 23.9 Å². The molecule has 1 unspecified atom stereocenters. The molecule has 0 spiro atoms. The lowest BCUT2D eigenvalue weighted by atomic mass is 10.2. The number of ether oxygens (including phenoxy) is 2. The van der Waals surface area contributed by atoms with Crippen molar-refractivity contribution < 1.29 is 17.9 Å². The molecule has 1 saturated heterocycles. The largest absolute Gasteiger partial charge is 0.458 e. The van der Waals surface area contributed by atoms with Crippen molar-refractivity contribution in [2.45, 2.75) is 24.0 Å². The third-order valence-electron chi connectivity index (χ3n) is 3.89. The lowest BCUT2D eigenvalue weighted by Gasteiger charge is -2.17. The van der Waals surface area contributed by atoms with E-state index in [-0.39, 0.29) is 18.7 Å². The van der Waals surface area contributed by atoms with Gasteiger partial charge in [0, 0.05) is 18.7 Å². The van der Waals surface area contributed by atoms with Crippen molar-refractivity contribution >= 4 is 15.8 Å². The van der Waals surface area contributed by atoms with Gasteiger partial charge in [0.1, 0.15) is 11.9 Å². The van der Waals surface area contributed by atoms with Gasteiger partial charge in [0.2, 0.25) is 0 Å². The zero-order valence-electron chi connectivity index (χ0n) is 12.3. The molecule has 0 amide bonds. The molecular weight excluding hydrogens is 318 g/mol. The molecule has 1 atom stereocenters. The van der Waals surface area contributed by atoms with Gasteiger partial charge in [0.15, 0.2) is 0 Å². The Bertz CT molecular complexity index is 834. The number of sulfonamides is 1. The van der Waals surface area contributed by atoms with E-state index in [1.54, 1.807) is 24.3 Å². The summed E-state index contributed by atoms with van der Waals surface area (Å²) in [6, 6.07) is 8.70. The summed E-state index contributed by atoms with van der Waals surface area (Å²) in [5.74, 6) is 0.310. The van der Waals surface area contributed by atoms with Crippen LogP contribution >= 0.6 is 0 Å². The first-order valence-electron chi connectivity index (χ1n) is 7.33. The van der Waals surface area contributed by atoms with Crippen LogP contribution in [0.5, 0.6) is 6.01 Å². The fourth-order valence-corrected chi connectivity index (χ4v) is 4.34. The van der Waals surface area contributed by atoms with E-state index in [1.165, 1.54) is 10.5 Å². The second kappa shape index (κ2) is 5.47. The first kappa shape index (κ1) is 14.4. The molecular formula is C15H15N3O4S. The van der Waals surface area contributed by atoms with Crippen molar-refractivity contribution in [1.29, 1.82) is 0 Å². The third kappa shape index (κ3) is 2.53. The molecule has 23 heavy (non-hydrogen) atoms. The Balaban J connectivity index is 1.64. The van der Waals surface area contributed by atoms with Crippen molar-refractivity contribution in [3.8, 4) is 6.01 Å². The molecule has 0 bridgehead atoms. The standard InChI is InChI=1S/C15H15N3O4S/c19-23(20)13-4-2-1-3-11(13)9-18(23)14-5-7-16-15(17-14)22-12-6-8-21-10-12/h1-5,7,12H,6,8-10H2. The van der Waals surface area contributed by atoms with Gasteiger partial charge >= 0.3 is 6.01 Å². The van der Waals surface area contributed by atoms with Crippen LogP contribution < -0.4 is 9.04 Å². The summed E-state index contributed by atoms with van der Waals surface area (Å²) in [5.41, 5.74) is 0.762. The van der Waals surface area contributed by atoms with Gasteiger partial charge in [-0.1, -0.05) is 18.2 Å². The van der Waals surface area contributed by atoms with Crippen molar-refractivity contribution in [2.24, 2.45) is 0 Å². The van der Waals surface area contributed by atoms with E-state index in [2.05, 4.69) is 9.97 Å². The van der Waals surface area contributed by atoms with Gasteiger partial charge in [0.25, 0.3) is 10.0 Å². The van der Waals surface area contributed by atoms with E-state index in [1.807, 2.05) is 6.07 Å². The van der Waals surface area contributed by atoms with Crippen LogP contribution in [0.25, 0.3) is 0 Å². The summed E-state index contributed by atoms with van der Waals surface area (Å²) in [4.78, 5) is 8.64. The van der Waals surface area contributed by atoms with E-state index in [9.17, 15) is 8.42 Å². The second-order valence-electron chi connectivity index (χ2n) is 5.42. The Kier molecular flexibility index (Phi) is 3.42. The maximum atomic E-state index is 12.6. The molecule has 0 radical (unpaired) electrons. The third-order valence-corrected chi connectivity index (χ3v) is 5.74. The predicted octanol–water partition coefficient (Wildman–Crippen LogP) is 1.35. The summed E-state index contributed by atoms with van der Waals surface area (Å²) >= 11 is 0. The Hall–Kier alpha value is -2.19. The van der Waals surface area contributed by atoms with Crippen molar-refractivity contribution in [3.05, 3.63) is 42.1 Å². The van der Waals surface area contributed by atoms with Gasteiger partial charge in [-0.05, 0) is 11.6 Å². The summed E-state index contributed by atoms with van der Waals surface area (Å²) in [6.45, 7) is 1.42. The van der Waals surface area contributed by atoms with Gasteiger partial charge in [-0.25, -0.2) is 17.7 Å². The Labute approximate surface area is 133 Å². The highest BCUT2D eigenvalue weighted by Gasteiger charge is 2.35. The predicted molar refractivity (Wildman–Crippen MR) is 81.7 cm³/mol. The molecule has 1 aromatic carbocycles. The van der Waals surface area contributed by atoms with Crippen LogP contribution in [-0.2, 0) is 21.3 Å². The highest BCUT2D eigenvalue weighted by atomic mass is 32.2. The first-order valence-corrected chi connectivity index (χ1v) is 8.77. The number of anilines is 1. The summed E-state index contributed by atoms with van der Waals surface area (Å²) in [7, 11) is -3.58. The fraction of sp³-hybridized carbons (Fsp3) is 0.333. The number of hydrogen-bond donors (Lipinski definition) is 0. The molecule has 120 valence electrons. The Morgan fingerprint density at radius 3 is 2.91 bits per heavy atom. The van der Waals surface area contributed by atoms with E-state index in [4.69, 9.17) is 9.47 Å². The van der Waals surface area contributed by atoms with Crippen LogP contribution in [0.2, 0.25) is 0 Å². The van der Waals surface area contributed by atoms with Crippen LogP contribution in [0.3, 0.4) is 0 Å². The second-order valence-corrected chi connectivity index (χ2v) is 7.25. The smallest absolute Gasteiger partial charge is 0.318 e. The van der Waals surface area contributed by atoms with Gasteiger partial charge in [0.05, 0.1) is 24.7 Å². The molecule has 2 aliphatic heterocycles. The van der Waals surface area contributed by atoms with Crippen molar-refractivity contribution in [1.82, 2.24) is 9.97 Å². The average molecular weight is 333 g/mol. The van der Waals surface area contributed by atoms with Crippen LogP contribution in [0, 0.1) is 0 Å². The molecule has 0 saturated carbocycles. The van der Waals surface area contributed by atoms with Gasteiger partial charge in [-0.15, -0.1) is 0 Å². The molecule has 4 rings (SSSR count). The van der Waals surface area contributed by atoms with Gasteiger partial charge in [-0.2, -0.15) is 4.98 Å². The minimum atomic E-state index is -3.58. The minimum absolute atomic E-state index is 0.0855. The molecule has 0 aliphatic carbocycles. The van der Waals surface area contributed by atoms with Crippen molar-refractivity contribution in [2.75, 3.05) is 17.5 Å². The molecule has 2 aromatic rings. The number of rotatable bonds is 3. The number of fused-ring (bicyclic) bond motifs is 1. The normalized spacial score (nSPS) is 22.1. The zero-order valence-corrected chi connectivity index (χ0v) is 13.1. The molecule has 3 heterocycles. The maximum Gasteiger partial charge on any atom is 0.318 e. The summed E-state index contributed by atoms with van der Waals surface area (Å²) in [6.07, 6.45) is 2.20. The number of benzene rings is 1. The summed E-state index contributed by atoms with van der Waals surface area (Å²) in [5, 5.41) is 0. The molecule has 1 fully saturated rings. The van der Waals surface area contributed by atoms with Crippen LogP contribution in [0.4, 0.5) is 5.82 Å². The van der Waals surface area contributed by atoms with Crippen molar-refractivity contribution in [3.63, 3.8) is 0 Å². The van der Waals surface area contributed by atoms with Crippen LogP contribution in [0.15, 0.2) is 41.4 Å². The van der Waals surface area contributed by atoms with E-state index in [0.717, 1.165) is 12.0 Å². The monoisotopic (exact) mass is 333 g/mol. The topological polar surface area (TPSA) is 81.6 Å². The van der Waals surface area contributed by atoms with Crippen LogP contribution in [0.1, 0.15) is 12.0 Å². The molecule has 2 aliphatic rings. The molecule has 8 heteroatoms. The first-order chi connectivity index (χ1) is 11.1. The van der Waals surface area contributed by atoms with E-state index < -0.39 is 10.0 Å². The molecule has 7 nitrogen and oxygen atoms in total. The Morgan fingerprint density at radius 2 is 2.13 bits per heavy atom. The minimum Gasteiger partial charge on any atom is -0.458 e. The van der Waals surface area contributed by atoms with Crippen LogP contribution in [-0.4, -0.2) is 37.7 Å². The Morgan fingerprint density at radius 1 is 1.26 bits per heavy atom. The lowest BCUT2D eigenvalue weighted by molar-refractivity contribution is 0.134. The quantitative estimate of drug-likeness (QED) is 0.843. The zero-order chi connectivity index (χ0) is 15.9. The lowest BCUT2D eigenvalue weighted by Crippen LogP contribution is -2.25. The van der Waals surface area contributed by atoms with Gasteiger partial charge in [-0.3, -0.25) is 0 Å². The summed E-state index contributed by atoms with van der Waals surface area (Å²) < 4.78 is 37.5. The molecule has 1 aromatic heterocycles. The fourth-order valence-electron chi connectivity index (χ4n) is 2.73. The number of hydrogen-bond acceptors (Lipinski definition) is 6. The average Bonchev–Trinajstić information content (AvgIpc) is 3.14. The number of nitrogens with zero attached hydrogens (tertiary/aromatic N) is 3. The SMILES string of the molecule is O=S1(=O)c2ccccc2CN1c1ccnc(OC2CCOC2)n1. The highest BCUT2D eigenvalue weighted by molar-refractivity contribution is 7.93. The highest BCUT2D eigenvalue weighted by Crippen LogP contribution is 2.33. The molecule has 0 N–H and O–H groups in total. The maximum absolute atomic E-state index is 12.6. The van der Waals surface area contributed by atoms with Gasteiger partial charge < -0.3 is 9.47 Å².